The Morgan fingerprint density at radius 1 is 0.907 bits per heavy atom. The van der Waals surface area contributed by atoms with Crippen LogP contribution in [0.15, 0.2) is 73.1 Å². The Hall–Kier alpha value is -5.07. The third kappa shape index (κ3) is 6.10. The summed E-state index contributed by atoms with van der Waals surface area (Å²) in [4.78, 5) is 29.8. The van der Waals surface area contributed by atoms with Crippen LogP contribution in [0.25, 0.3) is 0 Å². The Morgan fingerprint density at radius 2 is 1.72 bits per heavy atom. The topological polar surface area (TPSA) is 83.1 Å². The molecule has 9 heteroatoms. The van der Waals surface area contributed by atoms with Gasteiger partial charge in [0.05, 0.1) is 50.1 Å². The van der Waals surface area contributed by atoms with Crippen molar-refractivity contribution in [3.05, 3.63) is 101 Å². The van der Waals surface area contributed by atoms with E-state index in [1.165, 1.54) is 0 Å². The molecule has 2 aliphatic rings. The van der Waals surface area contributed by atoms with Gasteiger partial charge in [0.25, 0.3) is 5.91 Å². The number of aromatic nitrogens is 2. The molecule has 0 bridgehead atoms. The minimum Gasteiger partial charge on any atom is -0.497 e. The van der Waals surface area contributed by atoms with E-state index in [1.807, 2.05) is 60.8 Å². The lowest BCUT2D eigenvalue weighted by Crippen LogP contribution is -2.44. The number of piperazine rings is 1. The first-order chi connectivity index (χ1) is 21.0. The maximum absolute atomic E-state index is 14.0. The van der Waals surface area contributed by atoms with Gasteiger partial charge in [-0.15, -0.1) is 0 Å². The second-order valence-corrected chi connectivity index (χ2v) is 10.6. The van der Waals surface area contributed by atoms with E-state index >= 15 is 0 Å². The van der Waals surface area contributed by atoms with Crippen LogP contribution < -0.4 is 19.7 Å². The zero-order valence-electron chi connectivity index (χ0n) is 24.6. The van der Waals surface area contributed by atoms with E-state index in [0.29, 0.717) is 47.4 Å². The molecule has 4 heterocycles. The molecular formula is C34H34N6O3. The summed E-state index contributed by atoms with van der Waals surface area (Å²) in [6.45, 7) is 4.73. The van der Waals surface area contributed by atoms with Gasteiger partial charge >= 0.3 is 0 Å². The van der Waals surface area contributed by atoms with Crippen molar-refractivity contribution < 1.29 is 14.3 Å². The van der Waals surface area contributed by atoms with Gasteiger partial charge in [0.15, 0.2) is 0 Å². The Labute approximate surface area is 252 Å². The summed E-state index contributed by atoms with van der Waals surface area (Å²) in [5.41, 5.74) is 5.39. The molecular weight excluding hydrogens is 540 g/mol. The quantitative estimate of drug-likeness (QED) is 0.322. The molecule has 43 heavy (non-hydrogen) atoms. The van der Waals surface area contributed by atoms with Crippen LogP contribution in [0.4, 0.5) is 17.2 Å². The number of benzene rings is 2. The van der Waals surface area contributed by atoms with E-state index in [-0.39, 0.29) is 5.91 Å². The van der Waals surface area contributed by atoms with Gasteiger partial charge in [-0.25, -0.2) is 9.97 Å². The molecule has 0 aliphatic carbocycles. The summed E-state index contributed by atoms with van der Waals surface area (Å²) in [5.74, 6) is 8.30. The van der Waals surface area contributed by atoms with Gasteiger partial charge in [0.2, 0.25) is 0 Å². The number of amides is 1. The molecule has 218 valence electrons. The molecule has 2 aliphatic heterocycles. The summed E-state index contributed by atoms with van der Waals surface area (Å²) in [6.07, 6.45) is 3.56. The van der Waals surface area contributed by atoms with Crippen molar-refractivity contribution in [1.82, 2.24) is 19.8 Å². The van der Waals surface area contributed by atoms with Gasteiger partial charge in [0, 0.05) is 55.5 Å². The van der Waals surface area contributed by atoms with Crippen molar-refractivity contribution in [1.29, 1.82) is 0 Å². The zero-order chi connectivity index (χ0) is 29.8. The van der Waals surface area contributed by atoms with Crippen LogP contribution in [0.2, 0.25) is 0 Å². The molecule has 4 aromatic rings. The molecule has 1 saturated heterocycles. The number of fused-ring (bicyclic) bond motifs is 1. The maximum atomic E-state index is 14.0. The maximum Gasteiger partial charge on any atom is 0.257 e. The molecule has 0 radical (unpaired) electrons. The molecule has 9 nitrogen and oxygen atoms in total. The summed E-state index contributed by atoms with van der Waals surface area (Å²) < 4.78 is 11.0. The molecule has 0 spiro atoms. The standard InChI is InChI=1S/C34H34N6O3/c1-38-15-17-39(18-16-38)26-11-14-32(36-20-26)37-30-21-35-29(13-9-24-7-5-4-6-8-24)28-23-40(34(41)33(28)30)22-25-10-12-27(42-2)19-31(25)43-3/h4-8,10-12,14,19-21H,15-18,22-23H2,1-3H3,(H,36,37). The highest BCUT2D eigenvalue weighted by Gasteiger charge is 2.33. The van der Waals surface area contributed by atoms with Crippen LogP contribution >= 0.6 is 0 Å². The third-order valence-corrected chi connectivity index (χ3v) is 7.86. The van der Waals surface area contributed by atoms with Gasteiger partial charge in [-0.05, 0) is 49.4 Å². The third-order valence-electron chi connectivity index (χ3n) is 7.86. The number of carbonyl (C=O) groups is 1. The van der Waals surface area contributed by atoms with E-state index < -0.39 is 0 Å². The normalized spacial score (nSPS) is 14.6. The highest BCUT2D eigenvalue weighted by molar-refractivity contribution is 6.04. The molecule has 0 saturated carbocycles. The highest BCUT2D eigenvalue weighted by Crippen LogP contribution is 2.35. The number of anilines is 3. The van der Waals surface area contributed by atoms with E-state index in [0.717, 1.165) is 48.6 Å². The molecule has 2 aromatic heterocycles. The number of pyridine rings is 2. The van der Waals surface area contributed by atoms with Crippen molar-refractivity contribution in [3.63, 3.8) is 0 Å². The number of carbonyl (C=O) groups excluding carboxylic acids is 1. The predicted octanol–water partition coefficient (Wildman–Crippen LogP) is 4.55. The predicted molar refractivity (Wildman–Crippen MR) is 167 cm³/mol. The van der Waals surface area contributed by atoms with Crippen LogP contribution in [-0.2, 0) is 13.1 Å². The minimum atomic E-state index is -0.102. The first-order valence-corrected chi connectivity index (χ1v) is 14.3. The van der Waals surface area contributed by atoms with Gasteiger partial charge in [-0.1, -0.05) is 24.1 Å². The van der Waals surface area contributed by atoms with Crippen molar-refractivity contribution >= 4 is 23.1 Å². The molecule has 1 amide bonds. The lowest BCUT2D eigenvalue weighted by molar-refractivity contribution is 0.0766. The fourth-order valence-electron chi connectivity index (χ4n) is 5.39. The monoisotopic (exact) mass is 574 g/mol. The number of hydrogen-bond acceptors (Lipinski definition) is 8. The average molecular weight is 575 g/mol. The van der Waals surface area contributed by atoms with E-state index in [1.54, 1.807) is 25.3 Å². The lowest BCUT2D eigenvalue weighted by atomic mass is 10.1. The molecule has 0 atom stereocenters. The van der Waals surface area contributed by atoms with Crippen molar-refractivity contribution in [2.24, 2.45) is 0 Å². The highest BCUT2D eigenvalue weighted by atomic mass is 16.5. The molecule has 6 rings (SSSR count). The van der Waals surface area contributed by atoms with Gasteiger partial charge in [-0.3, -0.25) is 4.79 Å². The van der Waals surface area contributed by atoms with Crippen LogP contribution in [0.3, 0.4) is 0 Å². The number of likely N-dealkylation sites (N-methyl/N-ethyl adjacent to an activating group) is 1. The molecule has 2 aromatic carbocycles. The number of rotatable bonds is 7. The number of ether oxygens (including phenoxy) is 2. The van der Waals surface area contributed by atoms with Crippen molar-refractivity contribution in [3.8, 4) is 23.3 Å². The Morgan fingerprint density at radius 3 is 2.44 bits per heavy atom. The summed E-state index contributed by atoms with van der Waals surface area (Å²) >= 11 is 0. The van der Waals surface area contributed by atoms with Gasteiger partial charge < -0.3 is 29.5 Å². The number of methoxy groups -OCH3 is 2. The van der Waals surface area contributed by atoms with Crippen molar-refractivity contribution in [2.45, 2.75) is 13.1 Å². The fraction of sp³-hybridized carbons (Fsp3) is 0.265. The Balaban J connectivity index is 1.30. The average Bonchev–Trinajstić information content (AvgIpc) is 3.38. The molecule has 1 fully saturated rings. The van der Waals surface area contributed by atoms with E-state index in [2.05, 4.69) is 45.1 Å². The summed E-state index contributed by atoms with van der Waals surface area (Å²) in [6, 6.07) is 19.4. The SMILES string of the molecule is COc1ccc(CN2Cc3c(C#Cc4ccccc4)ncc(Nc4ccc(N5CCN(C)CC5)cn4)c3C2=O)c(OC)c1. The van der Waals surface area contributed by atoms with Gasteiger partial charge in [0.1, 0.15) is 23.0 Å². The van der Waals surface area contributed by atoms with Crippen LogP contribution in [0, 0.1) is 11.8 Å². The summed E-state index contributed by atoms with van der Waals surface area (Å²) in [7, 11) is 5.37. The van der Waals surface area contributed by atoms with Crippen LogP contribution in [0.1, 0.15) is 32.7 Å². The largest absolute Gasteiger partial charge is 0.497 e. The second-order valence-electron chi connectivity index (χ2n) is 10.6. The first kappa shape index (κ1) is 28.1. The number of nitrogens with one attached hydrogen (secondary N) is 1. The lowest BCUT2D eigenvalue weighted by Gasteiger charge is -2.33. The Bertz CT molecular complexity index is 1670. The number of nitrogens with zero attached hydrogens (tertiary/aromatic N) is 5. The Kier molecular flexibility index (Phi) is 8.11. The summed E-state index contributed by atoms with van der Waals surface area (Å²) in [5, 5.41) is 3.36. The fourth-order valence-corrected chi connectivity index (χ4v) is 5.39. The van der Waals surface area contributed by atoms with Crippen molar-refractivity contribution in [2.75, 3.05) is 57.7 Å². The van der Waals surface area contributed by atoms with E-state index in [4.69, 9.17) is 14.5 Å². The first-order valence-electron chi connectivity index (χ1n) is 14.3. The zero-order valence-corrected chi connectivity index (χ0v) is 24.6. The second kappa shape index (κ2) is 12.4. The molecule has 1 N–H and O–H groups in total. The minimum absolute atomic E-state index is 0.102. The smallest absolute Gasteiger partial charge is 0.257 e. The van der Waals surface area contributed by atoms with Crippen LogP contribution in [0.5, 0.6) is 11.5 Å². The number of hydrogen-bond donors (Lipinski definition) is 1. The van der Waals surface area contributed by atoms with E-state index in [9.17, 15) is 4.79 Å². The van der Waals surface area contributed by atoms with Gasteiger partial charge in [-0.2, -0.15) is 0 Å². The van der Waals surface area contributed by atoms with Crippen LogP contribution in [-0.4, -0.2) is 73.1 Å². The molecule has 0 unspecified atom stereocenters.